The summed E-state index contributed by atoms with van der Waals surface area (Å²) >= 11 is 0. The maximum absolute atomic E-state index is 13.7. The minimum atomic E-state index is -0.380. The highest BCUT2D eigenvalue weighted by molar-refractivity contribution is 5.68. The maximum atomic E-state index is 13.7. The molecule has 2 N–H and O–H groups in total. The first-order valence-corrected chi connectivity index (χ1v) is 5.18. The second-order valence-corrected chi connectivity index (χ2v) is 3.78. The van der Waals surface area contributed by atoms with Crippen LogP contribution in [0.5, 0.6) is 5.88 Å². The Labute approximate surface area is 99.1 Å². The van der Waals surface area contributed by atoms with Crippen LogP contribution in [0.4, 0.5) is 10.1 Å². The number of ether oxygens (including phenoxy) is 1. The number of nitrogens with two attached hydrogens (primary N) is 1. The van der Waals surface area contributed by atoms with Gasteiger partial charge in [0.15, 0.2) is 0 Å². The number of halogens is 1. The van der Waals surface area contributed by atoms with Gasteiger partial charge >= 0.3 is 0 Å². The number of anilines is 1. The molecular weight excluding hydrogens is 219 g/mol. The normalized spacial score (nSPS) is 10.3. The Kier molecular flexibility index (Phi) is 2.95. The summed E-state index contributed by atoms with van der Waals surface area (Å²) in [5.41, 5.74) is 8.55. The van der Waals surface area contributed by atoms with Crippen LogP contribution in [0.15, 0.2) is 30.5 Å². The molecule has 0 fully saturated rings. The van der Waals surface area contributed by atoms with Crippen LogP contribution < -0.4 is 10.5 Å². The maximum Gasteiger partial charge on any atom is 0.213 e. The monoisotopic (exact) mass is 232 g/mol. The lowest BCUT2D eigenvalue weighted by Crippen LogP contribution is -1.94. The lowest BCUT2D eigenvalue weighted by molar-refractivity contribution is 0.396. The Morgan fingerprint density at radius 1 is 1.29 bits per heavy atom. The molecule has 0 aliphatic heterocycles. The van der Waals surface area contributed by atoms with Gasteiger partial charge in [0.2, 0.25) is 5.88 Å². The minimum Gasteiger partial charge on any atom is -0.481 e. The molecule has 0 bridgehead atoms. The highest BCUT2D eigenvalue weighted by Gasteiger charge is 2.08. The van der Waals surface area contributed by atoms with Gasteiger partial charge in [-0.2, -0.15) is 0 Å². The number of benzene rings is 1. The number of nitrogen functional groups attached to an aromatic ring is 1. The Morgan fingerprint density at radius 2 is 2.06 bits per heavy atom. The standard InChI is InChI=1S/C13H13FN2O/c1-8-5-9(3-4-12(8)15)10-6-13(17-2)16-7-11(10)14/h3-7H,15H2,1-2H3. The molecular formula is C13H13FN2O. The first kappa shape index (κ1) is 11.4. The highest BCUT2D eigenvalue weighted by Crippen LogP contribution is 2.27. The van der Waals surface area contributed by atoms with Crippen LogP contribution in [-0.2, 0) is 0 Å². The Hall–Kier alpha value is -2.10. The quantitative estimate of drug-likeness (QED) is 0.810. The van der Waals surface area contributed by atoms with E-state index in [1.54, 1.807) is 18.2 Å². The van der Waals surface area contributed by atoms with Crippen molar-refractivity contribution < 1.29 is 9.13 Å². The van der Waals surface area contributed by atoms with Crippen molar-refractivity contribution in [1.29, 1.82) is 0 Å². The summed E-state index contributed by atoms with van der Waals surface area (Å²) in [5.74, 6) is 0.00542. The van der Waals surface area contributed by atoms with E-state index in [-0.39, 0.29) is 5.82 Å². The summed E-state index contributed by atoms with van der Waals surface area (Å²) in [6, 6.07) is 6.95. The molecule has 0 saturated heterocycles. The molecule has 0 saturated carbocycles. The van der Waals surface area contributed by atoms with Gasteiger partial charge < -0.3 is 10.5 Å². The van der Waals surface area contributed by atoms with Gasteiger partial charge in [-0.15, -0.1) is 0 Å². The van der Waals surface area contributed by atoms with E-state index in [0.717, 1.165) is 17.3 Å². The van der Waals surface area contributed by atoms with E-state index in [4.69, 9.17) is 10.5 Å². The van der Waals surface area contributed by atoms with Crippen molar-refractivity contribution in [2.45, 2.75) is 6.92 Å². The topological polar surface area (TPSA) is 48.1 Å². The van der Waals surface area contributed by atoms with Crippen molar-refractivity contribution in [1.82, 2.24) is 4.98 Å². The van der Waals surface area contributed by atoms with E-state index >= 15 is 0 Å². The third-order valence-corrected chi connectivity index (χ3v) is 2.62. The van der Waals surface area contributed by atoms with E-state index in [0.29, 0.717) is 17.1 Å². The predicted octanol–water partition coefficient (Wildman–Crippen LogP) is 2.79. The number of nitrogens with zero attached hydrogens (tertiary/aromatic N) is 1. The van der Waals surface area contributed by atoms with Crippen LogP contribution in [0, 0.1) is 12.7 Å². The molecule has 17 heavy (non-hydrogen) atoms. The molecule has 1 heterocycles. The second kappa shape index (κ2) is 4.41. The molecule has 0 unspecified atom stereocenters. The molecule has 2 aromatic rings. The minimum absolute atomic E-state index is 0.380. The molecule has 0 aliphatic carbocycles. The van der Waals surface area contributed by atoms with Gasteiger partial charge in [-0.05, 0) is 30.2 Å². The number of hydrogen-bond donors (Lipinski definition) is 1. The van der Waals surface area contributed by atoms with Crippen LogP contribution >= 0.6 is 0 Å². The van der Waals surface area contributed by atoms with Gasteiger partial charge in [-0.3, -0.25) is 0 Å². The molecule has 0 radical (unpaired) electrons. The fourth-order valence-corrected chi connectivity index (χ4v) is 1.60. The van der Waals surface area contributed by atoms with E-state index in [1.807, 2.05) is 13.0 Å². The predicted molar refractivity (Wildman–Crippen MR) is 65.3 cm³/mol. The number of hydrogen-bond acceptors (Lipinski definition) is 3. The molecule has 4 heteroatoms. The third kappa shape index (κ3) is 2.20. The highest BCUT2D eigenvalue weighted by atomic mass is 19.1. The lowest BCUT2D eigenvalue weighted by atomic mass is 10.0. The third-order valence-electron chi connectivity index (χ3n) is 2.62. The smallest absolute Gasteiger partial charge is 0.213 e. The molecule has 0 spiro atoms. The summed E-state index contributed by atoms with van der Waals surface area (Å²) in [4.78, 5) is 3.80. The molecule has 1 aromatic carbocycles. The average Bonchev–Trinajstić information content (AvgIpc) is 2.33. The van der Waals surface area contributed by atoms with Gasteiger partial charge in [-0.1, -0.05) is 6.07 Å². The summed E-state index contributed by atoms with van der Waals surface area (Å²) in [5, 5.41) is 0. The Balaban J connectivity index is 2.55. The van der Waals surface area contributed by atoms with Crippen LogP contribution in [0.1, 0.15) is 5.56 Å². The Bertz CT molecular complexity index is 555. The fraction of sp³-hybridized carbons (Fsp3) is 0.154. The van der Waals surface area contributed by atoms with Gasteiger partial charge in [0.25, 0.3) is 0 Å². The van der Waals surface area contributed by atoms with Crippen molar-refractivity contribution >= 4 is 5.69 Å². The van der Waals surface area contributed by atoms with Crippen LogP contribution in [0.3, 0.4) is 0 Å². The Morgan fingerprint density at radius 3 is 2.71 bits per heavy atom. The molecule has 0 atom stereocenters. The van der Waals surface area contributed by atoms with Crippen LogP contribution in [-0.4, -0.2) is 12.1 Å². The molecule has 2 rings (SSSR count). The average molecular weight is 232 g/mol. The van der Waals surface area contributed by atoms with Crippen molar-refractivity contribution in [3.63, 3.8) is 0 Å². The SMILES string of the molecule is COc1cc(-c2ccc(N)c(C)c2)c(F)cn1. The molecule has 88 valence electrons. The number of methoxy groups -OCH3 is 1. The zero-order valence-electron chi connectivity index (χ0n) is 9.70. The van der Waals surface area contributed by atoms with E-state index in [9.17, 15) is 4.39 Å². The first-order chi connectivity index (χ1) is 8.11. The largest absolute Gasteiger partial charge is 0.481 e. The van der Waals surface area contributed by atoms with E-state index in [1.165, 1.54) is 7.11 Å². The first-order valence-electron chi connectivity index (χ1n) is 5.18. The van der Waals surface area contributed by atoms with E-state index < -0.39 is 0 Å². The van der Waals surface area contributed by atoms with Gasteiger partial charge in [0.1, 0.15) is 5.82 Å². The van der Waals surface area contributed by atoms with Crippen molar-refractivity contribution in [2.24, 2.45) is 0 Å². The molecule has 0 aliphatic rings. The molecule has 0 amide bonds. The van der Waals surface area contributed by atoms with Gasteiger partial charge in [0, 0.05) is 17.3 Å². The van der Waals surface area contributed by atoms with Crippen molar-refractivity contribution in [3.8, 4) is 17.0 Å². The van der Waals surface area contributed by atoms with Gasteiger partial charge in [0.05, 0.1) is 13.3 Å². The summed E-state index contributed by atoms with van der Waals surface area (Å²) in [6.45, 7) is 1.88. The lowest BCUT2D eigenvalue weighted by Gasteiger charge is -2.07. The van der Waals surface area contributed by atoms with Crippen LogP contribution in [0.2, 0.25) is 0 Å². The molecule has 1 aromatic heterocycles. The number of rotatable bonds is 2. The van der Waals surface area contributed by atoms with Crippen LogP contribution in [0.25, 0.3) is 11.1 Å². The number of aromatic nitrogens is 1. The zero-order valence-corrected chi connectivity index (χ0v) is 9.70. The van der Waals surface area contributed by atoms with Crippen molar-refractivity contribution in [3.05, 3.63) is 41.8 Å². The van der Waals surface area contributed by atoms with E-state index in [2.05, 4.69) is 4.98 Å². The zero-order chi connectivity index (χ0) is 12.4. The number of pyridine rings is 1. The fourth-order valence-electron chi connectivity index (χ4n) is 1.60. The number of aryl methyl sites for hydroxylation is 1. The molecule has 3 nitrogen and oxygen atoms in total. The summed E-state index contributed by atoms with van der Waals surface area (Å²) in [7, 11) is 1.50. The summed E-state index contributed by atoms with van der Waals surface area (Å²) in [6.07, 6.45) is 1.15. The van der Waals surface area contributed by atoms with Gasteiger partial charge in [-0.25, -0.2) is 9.37 Å². The summed E-state index contributed by atoms with van der Waals surface area (Å²) < 4.78 is 18.7. The van der Waals surface area contributed by atoms with Crippen molar-refractivity contribution in [2.75, 3.05) is 12.8 Å². The second-order valence-electron chi connectivity index (χ2n) is 3.78.